The van der Waals surface area contributed by atoms with Gasteiger partial charge in [0, 0.05) is 30.1 Å². The SMILES string of the molecule is CNCc1cc2ccccc2nc1N1CCCC1C(C)C. The Hall–Kier alpha value is -1.61. The summed E-state index contributed by atoms with van der Waals surface area (Å²) in [6.45, 7) is 6.64. The molecule has 1 aliphatic heterocycles. The van der Waals surface area contributed by atoms with Gasteiger partial charge in [0.15, 0.2) is 0 Å². The van der Waals surface area contributed by atoms with Crippen molar-refractivity contribution in [2.75, 3.05) is 18.5 Å². The monoisotopic (exact) mass is 283 g/mol. The standard InChI is InChI=1S/C18H25N3/c1-13(2)17-9-6-10-21(17)18-15(12-19-3)11-14-7-4-5-8-16(14)20-18/h4-5,7-8,11,13,17,19H,6,9-10,12H2,1-3H3. The lowest BCUT2D eigenvalue weighted by Gasteiger charge is -2.30. The number of rotatable bonds is 4. The van der Waals surface area contributed by atoms with Gasteiger partial charge in [-0.3, -0.25) is 0 Å². The highest BCUT2D eigenvalue weighted by atomic mass is 15.2. The first-order chi connectivity index (χ1) is 10.2. The third kappa shape index (κ3) is 2.75. The number of fused-ring (bicyclic) bond motifs is 1. The zero-order chi connectivity index (χ0) is 14.8. The van der Waals surface area contributed by atoms with Gasteiger partial charge in [0.05, 0.1) is 5.52 Å². The van der Waals surface area contributed by atoms with E-state index in [0.29, 0.717) is 12.0 Å². The summed E-state index contributed by atoms with van der Waals surface area (Å²) in [5.74, 6) is 1.85. The Morgan fingerprint density at radius 2 is 2.14 bits per heavy atom. The Kier molecular flexibility index (Phi) is 4.11. The van der Waals surface area contributed by atoms with Crippen LogP contribution in [0.15, 0.2) is 30.3 Å². The zero-order valence-corrected chi connectivity index (χ0v) is 13.3. The van der Waals surface area contributed by atoms with E-state index in [4.69, 9.17) is 4.98 Å². The number of anilines is 1. The van der Waals surface area contributed by atoms with E-state index >= 15 is 0 Å². The van der Waals surface area contributed by atoms with Gasteiger partial charge in [0.1, 0.15) is 5.82 Å². The number of para-hydroxylation sites is 1. The molecule has 1 aromatic carbocycles. The van der Waals surface area contributed by atoms with Gasteiger partial charge in [0.2, 0.25) is 0 Å². The van der Waals surface area contributed by atoms with E-state index in [0.717, 1.165) is 18.6 Å². The molecule has 2 heterocycles. The van der Waals surface area contributed by atoms with Gasteiger partial charge in [-0.25, -0.2) is 4.98 Å². The molecule has 112 valence electrons. The third-order valence-electron chi connectivity index (χ3n) is 4.49. The summed E-state index contributed by atoms with van der Waals surface area (Å²) in [5, 5.41) is 4.52. The van der Waals surface area contributed by atoms with Gasteiger partial charge in [-0.2, -0.15) is 0 Å². The molecule has 1 N–H and O–H groups in total. The Labute approximate surface area is 127 Å². The molecule has 0 radical (unpaired) electrons. The van der Waals surface area contributed by atoms with Crippen LogP contribution in [0.3, 0.4) is 0 Å². The molecule has 0 saturated carbocycles. The largest absolute Gasteiger partial charge is 0.353 e. The number of hydrogen-bond donors (Lipinski definition) is 1. The van der Waals surface area contributed by atoms with E-state index in [2.05, 4.69) is 54.4 Å². The second kappa shape index (κ2) is 6.02. The Balaban J connectivity index is 2.08. The average molecular weight is 283 g/mol. The minimum atomic E-state index is 0.620. The van der Waals surface area contributed by atoms with E-state index in [9.17, 15) is 0 Å². The van der Waals surface area contributed by atoms with Crippen LogP contribution in [0.1, 0.15) is 32.3 Å². The quantitative estimate of drug-likeness (QED) is 0.929. The molecule has 1 atom stereocenters. The number of pyridine rings is 1. The van der Waals surface area contributed by atoms with Crippen LogP contribution in [0.4, 0.5) is 5.82 Å². The summed E-state index contributed by atoms with van der Waals surface area (Å²) < 4.78 is 0. The van der Waals surface area contributed by atoms with Crippen LogP contribution in [-0.4, -0.2) is 24.6 Å². The molecule has 2 aromatic rings. The second-order valence-corrected chi connectivity index (χ2v) is 6.34. The van der Waals surface area contributed by atoms with E-state index in [-0.39, 0.29) is 0 Å². The van der Waals surface area contributed by atoms with Gasteiger partial charge in [-0.05, 0) is 37.9 Å². The van der Waals surface area contributed by atoms with Crippen LogP contribution in [-0.2, 0) is 6.54 Å². The molecule has 3 heteroatoms. The molecule has 3 nitrogen and oxygen atoms in total. The van der Waals surface area contributed by atoms with Crippen molar-refractivity contribution < 1.29 is 0 Å². The number of nitrogens with one attached hydrogen (secondary N) is 1. The van der Waals surface area contributed by atoms with E-state index < -0.39 is 0 Å². The van der Waals surface area contributed by atoms with Crippen LogP contribution < -0.4 is 10.2 Å². The molecular weight excluding hydrogens is 258 g/mol. The fourth-order valence-electron chi connectivity index (χ4n) is 3.47. The summed E-state index contributed by atoms with van der Waals surface area (Å²) in [5.41, 5.74) is 2.41. The minimum absolute atomic E-state index is 0.620. The lowest BCUT2D eigenvalue weighted by atomic mass is 10.0. The van der Waals surface area contributed by atoms with E-state index in [1.54, 1.807) is 0 Å². The molecule has 0 bridgehead atoms. The molecule has 21 heavy (non-hydrogen) atoms. The molecule has 0 amide bonds. The van der Waals surface area contributed by atoms with Crippen molar-refractivity contribution in [2.45, 2.75) is 39.3 Å². The lowest BCUT2D eigenvalue weighted by Crippen LogP contribution is -2.35. The maximum absolute atomic E-state index is 4.99. The predicted octanol–water partition coefficient (Wildman–Crippen LogP) is 3.58. The molecule has 1 aliphatic rings. The first kappa shape index (κ1) is 14.3. The van der Waals surface area contributed by atoms with Crippen molar-refractivity contribution in [1.82, 2.24) is 10.3 Å². The summed E-state index contributed by atoms with van der Waals surface area (Å²) >= 11 is 0. The highest BCUT2D eigenvalue weighted by molar-refractivity contribution is 5.82. The van der Waals surface area contributed by atoms with Crippen LogP contribution >= 0.6 is 0 Å². The number of hydrogen-bond acceptors (Lipinski definition) is 3. The molecule has 1 fully saturated rings. The van der Waals surface area contributed by atoms with Crippen LogP contribution in [0.2, 0.25) is 0 Å². The zero-order valence-electron chi connectivity index (χ0n) is 13.3. The Morgan fingerprint density at radius 3 is 2.90 bits per heavy atom. The molecular formula is C18H25N3. The second-order valence-electron chi connectivity index (χ2n) is 6.34. The normalized spacial score (nSPS) is 18.9. The van der Waals surface area contributed by atoms with Gasteiger partial charge >= 0.3 is 0 Å². The smallest absolute Gasteiger partial charge is 0.134 e. The van der Waals surface area contributed by atoms with Gasteiger partial charge in [-0.15, -0.1) is 0 Å². The summed E-state index contributed by atoms with van der Waals surface area (Å²) in [4.78, 5) is 7.53. The van der Waals surface area contributed by atoms with Crippen molar-refractivity contribution in [3.8, 4) is 0 Å². The molecule has 0 aliphatic carbocycles. The molecule has 0 spiro atoms. The molecule has 1 aromatic heterocycles. The van der Waals surface area contributed by atoms with Crippen molar-refractivity contribution in [3.05, 3.63) is 35.9 Å². The first-order valence-electron chi connectivity index (χ1n) is 8.00. The topological polar surface area (TPSA) is 28.2 Å². The fraction of sp³-hybridized carbons (Fsp3) is 0.500. The van der Waals surface area contributed by atoms with Crippen molar-refractivity contribution in [1.29, 1.82) is 0 Å². The minimum Gasteiger partial charge on any atom is -0.353 e. The summed E-state index contributed by atoms with van der Waals surface area (Å²) in [7, 11) is 2.00. The molecule has 1 saturated heterocycles. The number of aromatic nitrogens is 1. The van der Waals surface area contributed by atoms with Crippen LogP contribution in [0.5, 0.6) is 0 Å². The molecule has 1 unspecified atom stereocenters. The predicted molar refractivity (Wildman–Crippen MR) is 89.7 cm³/mol. The average Bonchev–Trinajstić information content (AvgIpc) is 2.96. The number of nitrogens with zero attached hydrogens (tertiary/aromatic N) is 2. The van der Waals surface area contributed by atoms with Crippen LogP contribution in [0.25, 0.3) is 10.9 Å². The van der Waals surface area contributed by atoms with Gasteiger partial charge in [-0.1, -0.05) is 32.0 Å². The highest BCUT2D eigenvalue weighted by Crippen LogP contribution is 2.32. The van der Waals surface area contributed by atoms with E-state index in [1.165, 1.54) is 29.6 Å². The number of benzene rings is 1. The maximum Gasteiger partial charge on any atom is 0.134 e. The summed E-state index contributed by atoms with van der Waals surface area (Å²) in [6.07, 6.45) is 2.56. The highest BCUT2D eigenvalue weighted by Gasteiger charge is 2.29. The van der Waals surface area contributed by atoms with Crippen molar-refractivity contribution >= 4 is 16.7 Å². The first-order valence-corrected chi connectivity index (χ1v) is 8.00. The maximum atomic E-state index is 4.99. The fourth-order valence-corrected chi connectivity index (χ4v) is 3.47. The Bertz CT molecular complexity index is 621. The van der Waals surface area contributed by atoms with E-state index in [1.807, 2.05) is 7.05 Å². The molecule has 3 rings (SSSR count). The lowest BCUT2D eigenvalue weighted by molar-refractivity contribution is 0.489. The van der Waals surface area contributed by atoms with Crippen LogP contribution in [0, 0.1) is 5.92 Å². The summed E-state index contributed by atoms with van der Waals surface area (Å²) in [6, 6.07) is 11.3. The Morgan fingerprint density at radius 1 is 1.33 bits per heavy atom. The van der Waals surface area contributed by atoms with Crippen molar-refractivity contribution in [3.63, 3.8) is 0 Å². The van der Waals surface area contributed by atoms with Crippen molar-refractivity contribution in [2.24, 2.45) is 5.92 Å². The third-order valence-corrected chi connectivity index (χ3v) is 4.49. The van der Waals surface area contributed by atoms with Gasteiger partial charge in [0.25, 0.3) is 0 Å². The van der Waals surface area contributed by atoms with Gasteiger partial charge < -0.3 is 10.2 Å².